The van der Waals surface area contributed by atoms with E-state index in [0.29, 0.717) is 0 Å². The number of hydrogen-bond acceptors (Lipinski definition) is 2. The highest BCUT2D eigenvalue weighted by Gasteiger charge is 2.18. The molecule has 1 unspecified atom stereocenters. The molecule has 0 radical (unpaired) electrons. The average molecular weight is 278 g/mol. The number of carboxylic acids is 1. The number of anilines is 1. The third-order valence-corrected chi connectivity index (χ3v) is 3.08. The first-order chi connectivity index (χ1) is 9.58. The molecule has 2 amide bonds. The van der Waals surface area contributed by atoms with Gasteiger partial charge in [-0.2, -0.15) is 0 Å². The summed E-state index contributed by atoms with van der Waals surface area (Å²) in [5, 5.41) is 14.1. The molecule has 0 aromatic heterocycles. The van der Waals surface area contributed by atoms with Crippen molar-refractivity contribution in [2.75, 3.05) is 5.32 Å². The van der Waals surface area contributed by atoms with Gasteiger partial charge in [-0.25, -0.2) is 14.0 Å². The fourth-order valence-corrected chi connectivity index (χ4v) is 2.11. The van der Waals surface area contributed by atoms with Gasteiger partial charge in [-0.1, -0.05) is 18.2 Å². The Morgan fingerprint density at radius 3 is 2.75 bits per heavy atom. The van der Waals surface area contributed by atoms with Crippen molar-refractivity contribution in [2.24, 2.45) is 0 Å². The van der Waals surface area contributed by atoms with Crippen molar-refractivity contribution in [3.8, 4) is 0 Å². The molecule has 0 fully saturated rings. The Morgan fingerprint density at radius 2 is 2.10 bits per heavy atom. The van der Waals surface area contributed by atoms with E-state index in [2.05, 4.69) is 10.6 Å². The number of aromatic carboxylic acids is 1. The quantitative estimate of drug-likeness (QED) is 0.744. The van der Waals surface area contributed by atoms with Crippen molar-refractivity contribution < 1.29 is 19.1 Å². The summed E-state index contributed by atoms with van der Waals surface area (Å²) in [5.41, 5.74) is -0.590. The fraction of sp³-hybridized carbons (Fsp3) is 0.286. The molecule has 106 valence electrons. The van der Waals surface area contributed by atoms with Crippen LogP contribution in [0.2, 0.25) is 0 Å². The van der Waals surface area contributed by atoms with E-state index >= 15 is 0 Å². The summed E-state index contributed by atoms with van der Waals surface area (Å²) in [7, 11) is 0. The summed E-state index contributed by atoms with van der Waals surface area (Å²) >= 11 is 0. The van der Waals surface area contributed by atoms with Crippen LogP contribution in [-0.2, 0) is 0 Å². The van der Waals surface area contributed by atoms with E-state index in [0.717, 1.165) is 25.3 Å². The van der Waals surface area contributed by atoms with Crippen LogP contribution in [-0.4, -0.2) is 23.1 Å². The second kappa shape index (κ2) is 6.18. The van der Waals surface area contributed by atoms with E-state index in [1.807, 2.05) is 12.2 Å². The summed E-state index contributed by atoms with van der Waals surface area (Å²) < 4.78 is 13.4. The summed E-state index contributed by atoms with van der Waals surface area (Å²) in [6, 6.07) is 3.23. The van der Waals surface area contributed by atoms with Crippen molar-refractivity contribution in [2.45, 2.75) is 25.3 Å². The maximum atomic E-state index is 13.4. The van der Waals surface area contributed by atoms with Gasteiger partial charge in [0.15, 0.2) is 0 Å². The van der Waals surface area contributed by atoms with Gasteiger partial charge >= 0.3 is 12.0 Å². The normalized spacial score (nSPS) is 17.6. The van der Waals surface area contributed by atoms with Crippen LogP contribution >= 0.6 is 0 Å². The maximum Gasteiger partial charge on any atom is 0.340 e. The minimum atomic E-state index is -1.42. The number of urea groups is 1. The van der Waals surface area contributed by atoms with E-state index < -0.39 is 23.4 Å². The molecular formula is C14H15FN2O3. The topological polar surface area (TPSA) is 78.4 Å². The van der Waals surface area contributed by atoms with E-state index in [-0.39, 0.29) is 11.7 Å². The highest BCUT2D eigenvalue weighted by molar-refractivity contribution is 6.00. The Bertz CT molecular complexity index is 557. The van der Waals surface area contributed by atoms with Gasteiger partial charge in [0.1, 0.15) is 11.4 Å². The third kappa shape index (κ3) is 3.34. The standard InChI is InChI=1S/C14H15FN2O3/c15-10-7-4-8-11(12(10)13(18)19)17-14(20)16-9-5-2-1-3-6-9/h1-2,4,7-9H,3,5-6H2,(H,18,19)(H2,16,17,20). The lowest BCUT2D eigenvalue weighted by Crippen LogP contribution is -2.38. The highest BCUT2D eigenvalue weighted by atomic mass is 19.1. The predicted molar refractivity (Wildman–Crippen MR) is 72.3 cm³/mol. The molecule has 0 aliphatic heterocycles. The molecule has 20 heavy (non-hydrogen) atoms. The van der Waals surface area contributed by atoms with E-state index in [4.69, 9.17) is 5.11 Å². The third-order valence-electron chi connectivity index (χ3n) is 3.08. The second-order valence-corrected chi connectivity index (χ2v) is 4.55. The van der Waals surface area contributed by atoms with Crippen LogP contribution in [0.1, 0.15) is 29.6 Å². The van der Waals surface area contributed by atoms with E-state index in [9.17, 15) is 14.0 Å². The van der Waals surface area contributed by atoms with Crippen LogP contribution in [0, 0.1) is 5.82 Å². The zero-order valence-electron chi connectivity index (χ0n) is 10.7. The summed E-state index contributed by atoms with van der Waals surface area (Å²) in [5.74, 6) is -2.30. The van der Waals surface area contributed by atoms with Crippen LogP contribution < -0.4 is 10.6 Å². The van der Waals surface area contributed by atoms with Crippen molar-refractivity contribution in [1.82, 2.24) is 5.32 Å². The molecule has 1 aliphatic rings. The fourth-order valence-electron chi connectivity index (χ4n) is 2.11. The Kier molecular flexibility index (Phi) is 4.34. The average Bonchev–Trinajstić information content (AvgIpc) is 2.39. The zero-order chi connectivity index (χ0) is 14.5. The molecule has 1 aromatic rings. The first-order valence-electron chi connectivity index (χ1n) is 6.32. The lowest BCUT2D eigenvalue weighted by Gasteiger charge is -2.20. The highest BCUT2D eigenvalue weighted by Crippen LogP contribution is 2.19. The van der Waals surface area contributed by atoms with Gasteiger partial charge < -0.3 is 15.7 Å². The predicted octanol–water partition coefficient (Wildman–Crippen LogP) is 2.75. The van der Waals surface area contributed by atoms with Gasteiger partial charge in [-0.15, -0.1) is 0 Å². The van der Waals surface area contributed by atoms with Crippen molar-refractivity contribution in [3.05, 3.63) is 41.7 Å². The second-order valence-electron chi connectivity index (χ2n) is 4.55. The summed E-state index contributed by atoms with van der Waals surface area (Å²) in [4.78, 5) is 22.8. The summed E-state index contributed by atoms with van der Waals surface area (Å²) in [6.45, 7) is 0. The Morgan fingerprint density at radius 1 is 1.30 bits per heavy atom. The molecule has 0 saturated carbocycles. The number of nitrogens with one attached hydrogen (secondary N) is 2. The zero-order valence-corrected chi connectivity index (χ0v) is 10.7. The maximum absolute atomic E-state index is 13.4. The number of rotatable bonds is 3. The molecule has 5 nitrogen and oxygen atoms in total. The Labute approximate surface area is 115 Å². The Hall–Kier alpha value is -2.37. The largest absolute Gasteiger partial charge is 0.478 e. The Balaban J connectivity index is 2.06. The van der Waals surface area contributed by atoms with Crippen LogP contribution in [0.4, 0.5) is 14.9 Å². The number of carbonyl (C=O) groups is 2. The van der Waals surface area contributed by atoms with E-state index in [1.54, 1.807) is 0 Å². The molecule has 1 aromatic carbocycles. The number of carboxylic acid groups (broad SMARTS) is 1. The van der Waals surface area contributed by atoms with Crippen LogP contribution in [0.5, 0.6) is 0 Å². The minimum Gasteiger partial charge on any atom is -0.478 e. The molecule has 0 spiro atoms. The smallest absolute Gasteiger partial charge is 0.340 e. The van der Waals surface area contributed by atoms with Crippen LogP contribution in [0.25, 0.3) is 0 Å². The molecule has 2 rings (SSSR count). The number of benzene rings is 1. The molecule has 1 atom stereocenters. The molecule has 3 N–H and O–H groups in total. The first kappa shape index (κ1) is 14.0. The number of allylic oxidation sites excluding steroid dienone is 1. The van der Waals surface area contributed by atoms with Gasteiger partial charge in [-0.3, -0.25) is 0 Å². The van der Waals surface area contributed by atoms with E-state index in [1.165, 1.54) is 12.1 Å². The lowest BCUT2D eigenvalue weighted by atomic mass is 10.0. The molecule has 1 aliphatic carbocycles. The SMILES string of the molecule is O=C(Nc1cccc(F)c1C(=O)O)NC1CC=CCC1. The van der Waals surface area contributed by atoms with Gasteiger partial charge in [0, 0.05) is 6.04 Å². The molecular weight excluding hydrogens is 263 g/mol. The van der Waals surface area contributed by atoms with Crippen molar-refractivity contribution in [3.63, 3.8) is 0 Å². The monoisotopic (exact) mass is 278 g/mol. The number of amides is 2. The molecule has 0 bridgehead atoms. The van der Waals surface area contributed by atoms with Gasteiger partial charge in [-0.05, 0) is 31.4 Å². The number of hydrogen-bond donors (Lipinski definition) is 3. The van der Waals surface area contributed by atoms with Crippen molar-refractivity contribution in [1.29, 1.82) is 0 Å². The van der Waals surface area contributed by atoms with Gasteiger partial charge in [0.05, 0.1) is 5.69 Å². The van der Waals surface area contributed by atoms with Gasteiger partial charge in [0.2, 0.25) is 0 Å². The molecule has 6 heteroatoms. The lowest BCUT2D eigenvalue weighted by molar-refractivity contribution is 0.0693. The molecule has 0 heterocycles. The molecule has 0 saturated heterocycles. The minimum absolute atomic E-state index is 0.0156. The van der Waals surface area contributed by atoms with Crippen LogP contribution in [0.15, 0.2) is 30.4 Å². The first-order valence-corrected chi connectivity index (χ1v) is 6.32. The van der Waals surface area contributed by atoms with Crippen molar-refractivity contribution >= 4 is 17.7 Å². The summed E-state index contributed by atoms with van der Waals surface area (Å²) in [6.07, 6.45) is 6.50. The number of halogens is 1. The van der Waals surface area contributed by atoms with Crippen LogP contribution in [0.3, 0.4) is 0 Å². The number of carbonyl (C=O) groups excluding carboxylic acids is 1. The van der Waals surface area contributed by atoms with Gasteiger partial charge in [0.25, 0.3) is 0 Å².